The first-order valence-corrected chi connectivity index (χ1v) is 6.70. The van der Waals surface area contributed by atoms with Crippen molar-refractivity contribution in [3.63, 3.8) is 0 Å². The van der Waals surface area contributed by atoms with Crippen molar-refractivity contribution in [1.29, 1.82) is 0 Å². The number of thioether (sulfide) groups is 1. The summed E-state index contributed by atoms with van der Waals surface area (Å²) < 4.78 is 5.61. The maximum absolute atomic E-state index is 5.86. The van der Waals surface area contributed by atoms with E-state index in [2.05, 4.69) is 0 Å². The van der Waals surface area contributed by atoms with Crippen molar-refractivity contribution < 1.29 is 4.74 Å². The van der Waals surface area contributed by atoms with E-state index < -0.39 is 0 Å². The Morgan fingerprint density at radius 3 is 2.39 bits per heavy atom. The van der Waals surface area contributed by atoms with E-state index in [1.54, 1.807) is 11.8 Å². The molecule has 4 N–H and O–H groups in total. The fraction of sp³-hybridized carbons (Fsp3) is 0.143. The third kappa shape index (κ3) is 3.60. The third-order valence-electron chi connectivity index (χ3n) is 2.41. The minimum absolute atomic E-state index is 0.642. The fourth-order valence-electron chi connectivity index (χ4n) is 1.49. The molecule has 0 unspecified atom stereocenters. The van der Waals surface area contributed by atoms with E-state index in [1.165, 1.54) is 0 Å². The molecule has 0 aliphatic carbocycles. The molecule has 4 heteroatoms. The van der Waals surface area contributed by atoms with Crippen molar-refractivity contribution in [2.75, 3.05) is 23.8 Å². The molecule has 0 bridgehead atoms. The van der Waals surface area contributed by atoms with Crippen molar-refractivity contribution in [3.8, 4) is 5.75 Å². The van der Waals surface area contributed by atoms with E-state index in [0.717, 1.165) is 27.8 Å². The summed E-state index contributed by atoms with van der Waals surface area (Å²) in [5.41, 5.74) is 13.0. The second-order valence-electron chi connectivity index (χ2n) is 3.80. The average Bonchev–Trinajstić information content (AvgIpc) is 2.39. The molecule has 0 saturated heterocycles. The Bertz CT molecular complexity index is 499. The number of para-hydroxylation sites is 1. The number of benzene rings is 2. The van der Waals surface area contributed by atoms with Gasteiger partial charge in [0.15, 0.2) is 0 Å². The second kappa shape index (κ2) is 6.21. The van der Waals surface area contributed by atoms with E-state index >= 15 is 0 Å². The molecule has 2 aromatic carbocycles. The van der Waals surface area contributed by atoms with Crippen LogP contribution in [-0.4, -0.2) is 12.4 Å². The van der Waals surface area contributed by atoms with Gasteiger partial charge in [0, 0.05) is 22.0 Å². The maximum Gasteiger partial charge on any atom is 0.119 e. The zero-order valence-electron chi connectivity index (χ0n) is 10.0. The summed E-state index contributed by atoms with van der Waals surface area (Å²) in [6, 6.07) is 15.2. The highest BCUT2D eigenvalue weighted by Crippen LogP contribution is 2.24. The molecular formula is C14H16N2OS. The fourth-order valence-corrected chi connectivity index (χ4v) is 2.28. The van der Waals surface area contributed by atoms with Gasteiger partial charge in [-0.1, -0.05) is 12.1 Å². The van der Waals surface area contributed by atoms with Gasteiger partial charge in [0.05, 0.1) is 6.61 Å². The van der Waals surface area contributed by atoms with Crippen LogP contribution in [0.15, 0.2) is 53.4 Å². The van der Waals surface area contributed by atoms with E-state index in [-0.39, 0.29) is 0 Å². The highest BCUT2D eigenvalue weighted by Gasteiger charge is 1.99. The molecule has 0 aliphatic rings. The highest BCUT2D eigenvalue weighted by molar-refractivity contribution is 7.99. The molecular weight excluding hydrogens is 244 g/mol. The molecule has 0 saturated carbocycles. The van der Waals surface area contributed by atoms with Gasteiger partial charge in [0.1, 0.15) is 5.75 Å². The van der Waals surface area contributed by atoms with Crippen LogP contribution in [0.2, 0.25) is 0 Å². The first-order chi connectivity index (χ1) is 8.75. The second-order valence-corrected chi connectivity index (χ2v) is 4.94. The Labute approximate surface area is 111 Å². The maximum atomic E-state index is 5.86. The van der Waals surface area contributed by atoms with E-state index in [4.69, 9.17) is 16.2 Å². The van der Waals surface area contributed by atoms with Crippen LogP contribution in [0, 0.1) is 0 Å². The standard InChI is InChI=1S/C14H16N2OS/c15-11-5-7-12(8-6-11)17-9-10-18-14-4-2-1-3-13(14)16/h1-8H,9-10,15-16H2. The Kier molecular flexibility index (Phi) is 4.36. The predicted molar refractivity (Wildman–Crippen MR) is 77.9 cm³/mol. The van der Waals surface area contributed by atoms with E-state index in [0.29, 0.717) is 6.61 Å². The monoisotopic (exact) mass is 260 g/mol. The van der Waals surface area contributed by atoms with Crippen LogP contribution in [0.25, 0.3) is 0 Å². The van der Waals surface area contributed by atoms with E-state index in [9.17, 15) is 0 Å². The zero-order valence-corrected chi connectivity index (χ0v) is 10.8. The molecule has 2 rings (SSSR count). The molecule has 0 heterocycles. The molecule has 3 nitrogen and oxygen atoms in total. The van der Waals surface area contributed by atoms with Crippen molar-refractivity contribution in [2.45, 2.75) is 4.90 Å². The first-order valence-electron chi connectivity index (χ1n) is 5.71. The Morgan fingerprint density at radius 2 is 1.67 bits per heavy atom. The summed E-state index contributed by atoms with van der Waals surface area (Å²) in [6.45, 7) is 0.642. The molecule has 0 atom stereocenters. The SMILES string of the molecule is Nc1ccc(OCCSc2ccccc2N)cc1. The number of nitrogen functional groups attached to an aromatic ring is 2. The molecule has 0 aromatic heterocycles. The quantitative estimate of drug-likeness (QED) is 0.493. The molecule has 18 heavy (non-hydrogen) atoms. The lowest BCUT2D eigenvalue weighted by Gasteiger charge is -2.07. The number of hydrogen-bond donors (Lipinski definition) is 2. The first kappa shape index (κ1) is 12.6. The molecule has 0 spiro atoms. The van der Waals surface area contributed by atoms with Gasteiger partial charge in [0.25, 0.3) is 0 Å². The van der Waals surface area contributed by atoms with Gasteiger partial charge < -0.3 is 16.2 Å². The van der Waals surface area contributed by atoms with Gasteiger partial charge in [-0.05, 0) is 36.4 Å². The van der Waals surface area contributed by atoms with Crippen LogP contribution >= 0.6 is 11.8 Å². The van der Waals surface area contributed by atoms with Crippen molar-refractivity contribution in [3.05, 3.63) is 48.5 Å². The van der Waals surface area contributed by atoms with Gasteiger partial charge in [-0.25, -0.2) is 0 Å². The van der Waals surface area contributed by atoms with Crippen LogP contribution in [0.3, 0.4) is 0 Å². The zero-order chi connectivity index (χ0) is 12.8. The van der Waals surface area contributed by atoms with Crippen molar-refractivity contribution in [1.82, 2.24) is 0 Å². The number of nitrogens with two attached hydrogens (primary N) is 2. The molecule has 0 radical (unpaired) electrons. The van der Waals surface area contributed by atoms with Crippen LogP contribution in [-0.2, 0) is 0 Å². The molecule has 94 valence electrons. The molecule has 2 aromatic rings. The van der Waals surface area contributed by atoms with Gasteiger partial charge in [-0.15, -0.1) is 11.8 Å². The Balaban J connectivity index is 1.76. The summed E-state index contributed by atoms with van der Waals surface area (Å²) in [6.07, 6.45) is 0. The third-order valence-corrected chi connectivity index (χ3v) is 3.46. The summed E-state index contributed by atoms with van der Waals surface area (Å²) in [5, 5.41) is 0. The largest absolute Gasteiger partial charge is 0.493 e. The average molecular weight is 260 g/mol. The molecule has 0 aliphatic heterocycles. The van der Waals surface area contributed by atoms with E-state index in [1.807, 2.05) is 48.5 Å². The smallest absolute Gasteiger partial charge is 0.119 e. The lowest BCUT2D eigenvalue weighted by molar-refractivity contribution is 0.344. The topological polar surface area (TPSA) is 61.3 Å². The number of hydrogen-bond acceptors (Lipinski definition) is 4. The van der Waals surface area contributed by atoms with Crippen LogP contribution < -0.4 is 16.2 Å². The Hall–Kier alpha value is -1.81. The van der Waals surface area contributed by atoms with Gasteiger partial charge >= 0.3 is 0 Å². The van der Waals surface area contributed by atoms with Crippen LogP contribution in [0.1, 0.15) is 0 Å². The highest BCUT2D eigenvalue weighted by atomic mass is 32.2. The summed E-state index contributed by atoms with van der Waals surface area (Å²) in [4.78, 5) is 1.10. The summed E-state index contributed by atoms with van der Waals surface area (Å²) in [7, 11) is 0. The summed E-state index contributed by atoms with van der Waals surface area (Å²) >= 11 is 1.69. The number of anilines is 2. The number of ether oxygens (including phenoxy) is 1. The normalized spacial score (nSPS) is 10.2. The lowest BCUT2D eigenvalue weighted by atomic mass is 10.3. The lowest BCUT2D eigenvalue weighted by Crippen LogP contribution is -2.00. The predicted octanol–water partition coefficient (Wildman–Crippen LogP) is 3.02. The number of rotatable bonds is 5. The Morgan fingerprint density at radius 1 is 0.944 bits per heavy atom. The summed E-state index contributed by atoms with van der Waals surface area (Å²) in [5.74, 6) is 1.70. The van der Waals surface area contributed by atoms with Crippen LogP contribution in [0.5, 0.6) is 5.75 Å². The van der Waals surface area contributed by atoms with Gasteiger partial charge in [-0.3, -0.25) is 0 Å². The van der Waals surface area contributed by atoms with Gasteiger partial charge in [0.2, 0.25) is 0 Å². The minimum atomic E-state index is 0.642. The minimum Gasteiger partial charge on any atom is -0.493 e. The van der Waals surface area contributed by atoms with Crippen molar-refractivity contribution >= 4 is 23.1 Å². The molecule has 0 amide bonds. The van der Waals surface area contributed by atoms with Gasteiger partial charge in [-0.2, -0.15) is 0 Å². The molecule has 0 fully saturated rings. The van der Waals surface area contributed by atoms with Crippen LogP contribution in [0.4, 0.5) is 11.4 Å². The van der Waals surface area contributed by atoms with Crippen molar-refractivity contribution in [2.24, 2.45) is 0 Å².